The van der Waals surface area contributed by atoms with Crippen molar-refractivity contribution >= 4 is 17.4 Å². The number of unbranched alkanes of at least 4 members (excludes halogenated alkanes) is 1. The summed E-state index contributed by atoms with van der Waals surface area (Å²) in [5.41, 5.74) is 6.51. The lowest BCUT2D eigenvalue weighted by Crippen LogP contribution is -2.41. The van der Waals surface area contributed by atoms with Gasteiger partial charge in [-0.25, -0.2) is 4.79 Å². The first-order valence-corrected chi connectivity index (χ1v) is 8.97. The summed E-state index contributed by atoms with van der Waals surface area (Å²) in [5, 5.41) is 0. The van der Waals surface area contributed by atoms with E-state index in [1.165, 1.54) is 9.47 Å². The molecule has 0 aliphatic rings. The van der Waals surface area contributed by atoms with Gasteiger partial charge in [-0.1, -0.05) is 32.4 Å². The molecule has 0 spiro atoms. The minimum Gasteiger partial charge on any atom is -0.383 e. The van der Waals surface area contributed by atoms with E-state index >= 15 is 0 Å². The number of carbonyl (C=O) groups is 1. The summed E-state index contributed by atoms with van der Waals surface area (Å²) in [4.78, 5) is 41.0. The summed E-state index contributed by atoms with van der Waals surface area (Å²) in [6.07, 6.45) is 2.50. The van der Waals surface area contributed by atoms with Crippen LogP contribution < -0.4 is 21.9 Å². The normalized spacial score (nSPS) is 10.7. The number of amides is 1. The lowest BCUT2D eigenvalue weighted by Gasteiger charge is -2.23. The van der Waals surface area contributed by atoms with Gasteiger partial charge in [0.15, 0.2) is 5.69 Å². The van der Waals surface area contributed by atoms with Crippen molar-refractivity contribution in [2.24, 2.45) is 0 Å². The quantitative estimate of drug-likeness (QED) is 0.792. The summed E-state index contributed by atoms with van der Waals surface area (Å²) < 4.78 is 1.32. The number of aromatic nitrogens is 2. The van der Waals surface area contributed by atoms with E-state index in [0.717, 1.165) is 24.8 Å². The number of nitrogens with zero attached hydrogens (tertiary/aromatic N) is 2. The molecule has 0 bridgehead atoms. The fraction of sp³-hybridized carbons (Fsp3) is 0.421. The minimum atomic E-state index is -0.652. The topological polar surface area (TPSA) is 101 Å². The van der Waals surface area contributed by atoms with Gasteiger partial charge in [-0.05, 0) is 37.5 Å². The highest BCUT2D eigenvalue weighted by Gasteiger charge is 2.23. The highest BCUT2D eigenvalue weighted by Crippen LogP contribution is 2.20. The van der Waals surface area contributed by atoms with Gasteiger partial charge in [0.05, 0.1) is 0 Å². The molecular formula is C19H26N4O3. The number of hydrogen-bond acceptors (Lipinski definition) is 4. The van der Waals surface area contributed by atoms with Gasteiger partial charge in [0.25, 0.3) is 11.5 Å². The molecule has 0 radical (unpaired) electrons. The predicted molar refractivity (Wildman–Crippen MR) is 104 cm³/mol. The number of H-pyrrole nitrogens is 1. The van der Waals surface area contributed by atoms with E-state index in [9.17, 15) is 14.4 Å². The third kappa shape index (κ3) is 3.87. The Balaban J connectivity index is 2.50. The largest absolute Gasteiger partial charge is 0.383 e. The van der Waals surface area contributed by atoms with E-state index in [2.05, 4.69) is 4.98 Å². The van der Waals surface area contributed by atoms with Crippen LogP contribution in [0.25, 0.3) is 0 Å². The average Bonchev–Trinajstić information content (AvgIpc) is 2.64. The van der Waals surface area contributed by atoms with Crippen LogP contribution in [0.2, 0.25) is 0 Å². The monoisotopic (exact) mass is 358 g/mol. The number of benzene rings is 1. The lowest BCUT2D eigenvalue weighted by molar-refractivity contribution is 0.0988. The van der Waals surface area contributed by atoms with E-state index in [0.29, 0.717) is 12.1 Å². The van der Waals surface area contributed by atoms with Gasteiger partial charge in [0.2, 0.25) is 0 Å². The molecule has 1 amide bonds. The van der Waals surface area contributed by atoms with Crippen LogP contribution in [0.4, 0.5) is 11.5 Å². The van der Waals surface area contributed by atoms with Crippen molar-refractivity contribution in [3.63, 3.8) is 0 Å². The smallest absolute Gasteiger partial charge is 0.330 e. The molecule has 1 aromatic heterocycles. The molecule has 1 aromatic carbocycles. The zero-order valence-corrected chi connectivity index (χ0v) is 15.5. The molecule has 140 valence electrons. The van der Waals surface area contributed by atoms with Crippen molar-refractivity contribution in [2.75, 3.05) is 17.2 Å². The standard InChI is InChI=1S/C19H26N4O3/c1-4-7-12-23-16(20)15(17(24)21-19(23)26)22(6-3)18(25)14-10-8-13(5-2)9-11-14/h8-11H,4-7,12,20H2,1-3H3,(H,21,24,26). The molecule has 0 aliphatic heterocycles. The number of anilines is 2. The molecule has 0 atom stereocenters. The molecular weight excluding hydrogens is 332 g/mol. The summed E-state index contributed by atoms with van der Waals surface area (Å²) in [5.74, 6) is -0.305. The van der Waals surface area contributed by atoms with Crippen LogP contribution in [0.15, 0.2) is 33.9 Å². The molecule has 7 heteroatoms. The fourth-order valence-electron chi connectivity index (χ4n) is 2.82. The van der Waals surface area contributed by atoms with Crippen molar-refractivity contribution in [3.05, 3.63) is 56.2 Å². The molecule has 7 nitrogen and oxygen atoms in total. The molecule has 1 heterocycles. The van der Waals surface area contributed by atoms with Gasteiger partial charge in [-0.3, -0.25) is 19.1 Å². The van der Waals surface area contributed by atoms with Gasteiger partial charge >= 0.3 is 5.69 Å². The summed E-state index contributed by atoms with van der Waals surface area (Å²) in [7, 11) is 0. The van der Waals surface area contributed by atoms with E-state index < -0.39 is 11.2 Å². The minimum absolute atomic E-state index is 0.0209. The number of hydrogen-bond donors (Lipinski definition) is 2. The molecule has 0 saturated carbocycles. The third-order valence-corrected chi connectivity index (χ3v) is 4.39. The summed E-state index contributed by atoms with van der Waals surface area (Å²) in [6, 6.07) is 7.25. The molecule has 2 rings (SSSR count). The van der Waals surface area contributed by atoms with Crippen molar-refractivity contribution in [3.8, 4) is 0 Å². The molecule has 26 heavy (non-hydrogen) atoms. The van der Waals surface area contributed by atoms with Crippen LogP contribution in [0.5, 0.6) is 0 Å². The molecule has 2 aromatic rings. The number of nitrogen functional groups attached to an aromatic ring is 1. The summed E-state index contributed by atoms with van der Waals surface area (Å²) >= 11 is 0. The van der Waals surface area contributed by atoms with Gasteiger partial charge in [-0.15, -0.1) is 0 Å². The number of rotatable bonds is 7. The first-order chi connectivity index (χ1) is 12.4. The Labute approximate surface area is 152 Å². The Bertz CT molecular complexity index is 881. The second-order valence-corrected chi connectivity index (χ2v) is 6.10. The van der Waals surface area contributed by atoms with Gasteiger partial charge in [-0.2, -0.15) is 0 Å². The molecule has 0 saturated heterocycles. The Hall–Kier alpha value is -2.83. The van der Waals surface area contributed by atoms with E-state index in [-0.39, 0.29) is 24.0 Å². The van der Waals surface area contributed by atoms with E-state index in [1.807, 2.05) is 26.0 Å². The maximum atomic E-state index is 12.9. The third-order valence-electron chi connectivity index (χ3n) is 4.39. The molecule has 0 unspecified atom stereocenters. The van der Waals surface area contributed by atoms with Gasteiger partial charge < -0.3 is 10.6 Å². The number of nitrogens with one attached hydrogen (secondary N) is 1. The Morgan fingerprint density at radius 2 is 1.81 bits per heavy atom. The maximum absolute atomic E-state index is 12.9. The van der Waals surface area contributed by atoms with Crippen molar-refractivity contribution in [1.29, 1.82) is 0 Å². The lowest BCUT2D eigenvalue weighted by atomic mass is 10.1. The second kappa shape index (κ2) is 8.51. The predicted octanol–water partition coefficient (Wildman–Crippen LogP) is 2.15. The van der Waals surface area contributed by atoms with Crippen LogP contribution in [-0.4, -0.2) is 22.0 Å². The number of nitrogens with two attached hydrogens (primary N) is 1. The van der Waals surface area contributed by atoms with E-state index in [1.54, 1.807) is 19.1 Å². The maximum Gasteiger partial charge on any atom is 0.330 e. The van der Waals surface area contributed by atoms with Gasteiger partial charge in [0.1, 0.15) is 5.82 Å². The van der Waals surface area contributed by atoms with Crippen LogP contribution in [0.1, 0.15) is 49.5 Å². The fourth-order valence-corrected chi connectivity index (χ4v) is 2.82. The SMILES string of the molecule is CCCCn1c(N)c(N(CC)C(=O)c2ccc(CC)cc2)c(=O)[nH]c1=O. The molecule has 0 fully saturated rings. The molecule has 0 aliphatic carbocycles. The van der Waals surface area contributed by atoms with Crippen LogP contribution >= 0.6 is 0 Å². The van der Waals surface area contributed by atoms with Gasteiger partial charge in [0, 0.05) is 18.7 Å². The average molecular weight is 358 g/mol. The number of carbonyl (C=O) groups excluding carboxylic acids is 1. The van der Waals surface area contributed by atoms with Crippen molar-refractivity contribution in [1.82, 2.24) is 9.55 Å². The Morgan fingerprint density at radius 3 is 2.35 bits per heavy atom. The number of aromatic amines is 1. The zero-order valence-electron chi connectivity index (χ0n) is 15.5. The van der Waals surface area contributed by atoms with Crippen LogP contribution in [-0.2, 0) is 13.0 Å². The number of aryl methyl sites for hydroxylation is 1. The summed E-state index contributed by atoms with van der Waals surface area (Å²) in [6.45, 7) is 6.44. The zero-order chi connectivity index (χ0) is 19.3. The van der Waals surface area contributed by atoms with Crippen molar-refractivity contribution < 1.29 is 4.79 Å². The van der Waals surface area contributed by atoms with Crippen LogP contribution in [0, 0.1) is 0 Å². The Morgan fingerprint density at radius 1 is 1.15 bits per heavy atom. The van der Waals surface area contributed by atoms with Crippen molar-refractivity contribution in [2.45, 2.75) is 46.6 Å². The highest BCUT2D eigenvalue weighted by molar-refractivity contribution is 6.07. The second-order valence-electron chi connectivity index (χ2n) is 6.10. The van der Waals surface area contributed by atoms with E-state index in [4.69, 9.17) is 5.73 Å². The Kier molecular flexibility index (Phi) is 6.38. The molecule has 3 N–H and O–H groups in total. The first-order valence-electron chi connectivity index (χ1n) is 8.97. The highest BCUT2D eigenvalue weighted by atomic mass is 16.2. The first kappa shape index (κ1) is 19.5. The van der Waals surface area contributed by atoms with Crippen LogP contribution in [0.3, 0.4) is 0 Å².